The van der Waals surface area contributed by atoms with E-state index in [0.29, 0.717) is 42.6 Å². The van der Waals surface area contributed by atoms with Crippen LogP contribution in [0.3, 0.4) is 0 Å². The predicted molar refractivity (Wildman–Crippen MR) is 102 cm³/mol. The summed E-state index contributed by atoms with van der Waals surface area (Å²) in [7, 11) is 1.76. The van der Waals surface area contributed by atoms with E-state index in [0.717, 1.165) is 12.8 Å². The molecule has 6 nitrogen and oxygen atoms in total. The molecular weight excluding hydrogens is 368 g/mol. The molecule has 0 saturated carbocycles. The van der Waals surface area contributed by atoms with Gasteiger partial charge in [0.25, 0.3) is 5.91 Å². The van der Waals surface area contributed by atoms with Crippen LogP contribution in [-0.2, 0) is 4.79 Å². The number of nitrogens with zero attached hydrogens (tertiary/aromatic N) is 2. The van der Waals surface area contributed by atoms with Crippen molar-refractivity contribution in [1.29, 1.82) is 0 Å². The third kappa shape index (κ3) is 5.04. The fraction of sp³-hybridized carbons (Fsp3) is 0.400. The van der Waals surface area contributed by atoms with Crippen molar-refractivity contribution in [2.75, 3.05) is 33.3 Å². The number of benzene rings is 1. The summed E-state index contributed by atoms with van der Waals surface area (Å²) in [5, 5.41) is 0.613. The minimum atomic E-state index is -0.189. The number of amides is 2. The highest BCUT2D eigenvalue weighted by atomic mass is 35.5. The first-order valence-corrected chi connectivity index (χ1v) is 9.37. The van der Waals surface area contributed by atoms with Gasteiger partial charge in [-0.1, -0.05) is 17.7 Å². The molecule has 27 heavy (non-hydrogen) atoms. The first-order valence-electron chi connectivity index (χ1n) is 8.99. The average molecular weight is 391 g/mol. The van der Waals surface area contributed by atoms with Crippen molar-refractivity contribution in [3.8, 4) is 5.75 Å². The Hall–Kier alpha value is -2.47. The van der Waals surface area contributed by atoms with Crippen LogP contribution in [0.1, 0.15) is 23.2 Å². The van der Waals surface area contributed by atoms with Crippen molar-refractivity contribution in [2.45, 2.75) is 12.8 Å². The standard InChI is InChI=1S/C20H23ClN2O4/c1-22(9-11-27-18-6-2-5-17(21)12-18)19(24)15-4-3-8-23(13-15)20(25)16-7-10-26-14-16/h2,5-7,10,12,14-15H,3-4,8-9,11,13H2,1H3/t15-/m0/s1. The van der Waals surface area contributed by atoms with Crippen molar-refractivity contribution in [1.82, 2.24) is 9.80 Å². The van der Waals surface area contributed by atoms with Gasteiger partial charge < -0.3 is 19.0 Å². The molecule has 144 valence electrons. The van der Waals surface area contributed by atoms with Crippen LogP contribution in [-0.4, -0.2) is 54.9 Å². The summed E-state index contributed by atoms with van der Waals surface area (Å²) in [6.45, 7) is 1.95. The molecule has 1 fully saturated rings. The minimum absolute atomic E-state index is 0.0365. The number of furan rings is 1. The van der Waals surface area contributed by atoms with E-state index in [9.17, 15) is 9.59 Å². The van der Waals surface area contributed by atoms with Crippen LogP contribution in [0.4, 0.5) is 0 Å². The molecule has 0 unspecified atom stereocenters. The average Bonchev–Trinajstić information content (AvgIpc) is 3.21. The number of piperidine rings is 1. The van der Waals surface area contributed by atoms with Crippen LogP contribution in [0.15, 0.2) is 47.3 Å². The van der Waals surface area contributed by atoms with Crippen LogP contribution >= 0.6 is 11.6 Å². The van der Waals surface area contributed by atoms with E-state index >= 15 is 0 Å². The maximum absolute atomic E-state index is 12.7. The van der Waals surface area contributed by atoms with Gasteiger partial charge in [0.1, 0.15) is 18.6 Å². The zero-order valence-corrected chi connectivity index (χ0v) is 16.0. The number of likely N-dealkylation sites (N-methyl/N-ethyl adjacent to an activating group) is 1. The van der Waals surface area contributed by atoms with Crippen LogP contribution < -0.4 is 4.74 Å². The maximum atomic E-state index is 12.7. The third-order valence-electron chi connectivity index (χ3n) is 4.69. The second kappa shape index (κ2) is 8.95. The smallest absolute Gasteiger partial charge is 0.257 e. The molecule has 1 aromatic heterocycles. The summed E-state index contributed by atoms with van der Waals surface area (Å²) >= 11 is 5.93. The molecule has 0 N–H and O–H groups in total. The molecule has 1 aliphatic heterocycles. The Morgan fingerprint density at radius 1 is 1.37 bits per heavy atom. The van der Waals surface area contributed by atoms with Gasteiger partial charge in [0.05, 0.1) is 24.3 Å². The molecule has 0 radical (unpaired) electrons. The topological polar surface area (TPSA) is 63.0 Å². The molecule has 2 amide bonds. The SMILES string of the molecule is CN(CCOc1cccc(Cl)c1)C(=O)[C@H]1CCCN(C(=O)c2ccoc2)C1. The molecule has 1 aromatic carbocycles. The summed E-state index contributed by atoms with van der Waals surface area (Å²) in [4.78, 5) is 28.6. The molecule has 1 atom stereocenters. The van der Waals surface area contributed by atoms with Gasteiger partial charge in [0.2, 0.25) is 5.91 Å². The quantitative estimate of drug-likeness (QED) is 0.759. The molecule has 7 heteroatoms. The van der Waals surface area contributed by atoms with Crippen molar-refractivity contribution in [3.63, 3.8) is 0 Å². The van der Waals surface area contributed by atoms with Crippen molar-refractivity contribution >= 4 is 23.4 Å². The van der Waals surface area contributed by atoms with E-state index < -0.39 is 0 Å². The highest BCUT2D eigenvalue weighted by Crippen LogP contribution is 2.21. The van der Waals surface area contributed by atoms with Gasteiger partial charge in [-0.15, -0.1) is 0 Å². The second-order valence-electron chi connectivity index (χ2n) is 6.67. The Morgan fingerprint density at radius 3 is 2.96 bits per heavy atom. The zero-order chi connectivity index (χ0) is 19.2. The number of ether oxygens (including phenoxy) is 1. The lowest BCUT2D eigenvalue weighted by Gasteiger charge is -2.33. The highest BCUT2D eigenvalue weighted by molar-refractivity contribution is 6.30. The van der Waals surface area contributed by atoms with Gasteiger partial charge >= 0.3 is 0 Å². The fourth-order valence-electron chi connectivity index (χ4n) is 3.21. The van der Waals surface area contributed by atoms with E-state index in [2.05, 4.69) is 0 Å². The van der Waals surface area contributed by atoms with E-state index in [-0.39, 0.29) is 17.7 Å². The number of halogens is 1. The highest BCUT2D eigenvalue weighted by Gasteiger charge is 2.30. The zero-order valence-electron chi connectivity index (χ0n) is 15.3. The van der Waals surface area contributed by atoms with Gasteiger partial charge in [-0.25, -0.2) is 0 Å². The monoisotopic (exact) mass is 390 g/mol. The molecule has 1 aliphatic rings. The lowest BCUT2D eigenvalue weighted by atomic mass is 9.96. The first kappa shape index (κ1) is 19.3. The van der Waals surface area contributed by atoms with Gasteiger partial charge in [0, 0.05) is 25.2 Å². The van der Waals surface area contributed by atoms with Gasteiger partial charge in [-0.3, -0.25) is 9.59 Å². The fourth-order valence-corrected chi connectivity index (χ4v) is 3.39. The number of rotatable bonds is 6. The Balaban J connectivity index is 1.49. The number of hydrogen-bond donors (Lipinski definition) is 0. The Kier molecular flexibility index (Phi) is 6.40. The van der Waals surface area contributed by atoms with Crippen molar-refractivity contribution < 1.29 is 18.7 Å². The van der Waals surface area contributed by atoms with E-state index in [1.54, 1.807) is 35.0 Å². The summed E-state index contributed by atoms with van der Waals surface area (Å²) in [5.74, 6) is 0.436. The van der Waals surface area contributed by atoms with Gasteiger partial charge in [0.15, 0.2) is 0 Å². The van der Waals surface area contributed by atoms with Crippen molar-refractivity contribution in [2.24, 2.45) is 5.92 Å². The van der Waals surface area contributed by atoms with Crippen LogP contribution in [0, 0.1) is 5.92 Å². The molecule has 0 spiro atoms. The molecule has 2 aromatic rings. The van der Waals surface area contributed by atoms with Crippen LogP contribution in [0.5, 0.6) is 5.75 Å². The molecule has 0 aliphatic carbocycles. The van der Waals surface area contributed by atoms with Gasteiger partial charge in [-0.2, -0.15) is 0 Å². The summed E-state index contributed by atoms with van der Waals surface area (Å²) in [5.41, 5.74) is 0.520. The second-order valence-corrected chi connectivity index (χ2v) is 7.10. The van der Waals surface area contributed by atoms with E-state index in [1.165, 1.54) is 12.5 Å². The number of carbonyl (C=O) groups excluding carboxylic acids is 2. The van der Waals surface area contributed by atoms with Gasteiger partial charge in [-0.05, 0) is 37.1 Å². The van der Waals surface area contributed by atoms with E-state index in [4.69, 9.17) is 20.8 Å². The Bertz CT molecular complexity index is 778. The number of carbonyl (C=O) groups is 2. The van der Waals surface area contributed by atoms with Crippen molar-refractivity contribution in [3.05, 3.63) is 53.4 Å². The minimum Gasteiger partial charge on any atom is -0.492 e. The Labute approximate surface area is 163 Å². The summed E-state index contributed by atoms with van der Waals surface area (Å²) in [6.07, 6.45) is 4.51. The molecule has 0 bridgehead atoms. The predicted octanol–water partition coefficient (Wildman–Crippen LogP) is 3.32. The number of likely N-dealkylation sites (tertiary alicyclic amines) is 1. The molecule has 2 heterocycles. The Morgan fingerprint density at radius 2 is 2.22 bits per heavy atom. The lowest BCUT2D eigenvalue weighted by Crippen LogP contribution is -2.46. The normalized spacial score (nSPS) is 16.8. The lowest BCUT2D eigenvalue weighted by molar-refractivity contribution is -0.135. The van der Waals surface area contributed by atoms with Crippen LogP contribution in [0.2, 0.25) is 5.02 Å². The largest absolute Gasteiger partial charge is 0.492 e. The summed E-state index contributed by atoms with van der Waals surface area (Å²) < 4.78 is 10.6. The maximum Gasteiger partial charge on any atom is 0.257 e. The first-order chi connectivity index (χ1) is 13.0. The van der Waals surface area contributed by atoms with Crippen LogP contribution in [0.25, 0.3) is 0 Å². The number of hydrogen-bond acceptors (Lipinski definition) is 4. The third-order valence-corrected chi connectivity index (χ3v) is 4.93. The molecule has 3 rings (SSSR count). The molecular formula is C20H23ClN2O4. The molecule has 1 saturated heterocycles. The summed E-state index contributed by atoms with van der Waals surface area (Å²) in [6, 6.07) is 8.81. The van der Waals surface area contributed by atoms with E-state index in [1.807, 2.05) is 12.1 Å².